The molecule has 0 bridgehead atoms. The van der Waals surface area contributed by atoms with Crippen molar-refractivity contribution >= 4 is 21.7 Å². The van der Waals surface area contributed by atoms with Gasteiger partial charge < -0.3 is 14.2 Å². The molecular formula is C29H27NO6S. The molecule has 4 aromatic carbocycles. The molecule has 0 aromatic heterocycles. The summed E-state index contributed by atoms with van der Waals surface area (Å²) < 4.78 is 45.4. The lowest BCUT2D eigenvalue weighted by atomic mass is 10.2. The third-order valence-electron chi connectivity index (χ3n) is 5.66. The zero-order valence-electron chi connectivity index (χ0n) is 20.5. The number of ether oxygens (including phenoxy) is 3. The monoisotopic (exact) mass is 517 g/mol. The van der Waals surface area contributed by atoms with Gasteiger partial charge in [0.1, 0.15) is 18.1 Å². The van der Waals surface area contributed by atoms with E-state index in [0.717, 1.165) is 11.1 Å². The first-order chi connectivity index (χ1) is 17.9. The Kier molecular flexibility index (Phi) is 8.10. The fourth-order valence-corrected chi connectivity index (χ4v) is 5.20. The molecule has 0 fully saturated rings. The van der Waals surface area contributed by atoms with Gasteiger partial charge in [-0.25, -0.2) is 13.2 Å². The molecule has 7 nitrogen and oxygen atoms in total. The number of esters is 1. The van der Waals surface area contributed by atoms with Crippen LogP contribution in [-0.4, -0.2) is 28.6 Å². The lowest BCUT2D eigenvalue weighted by Gasteiger charge is -2.26. The zero-order valence-corrected chi connectivity index (χ0v) is 21.4. The molecule has 0 aliphatic carbocycles. The van der Waals surface area contributed by atoms with Crippen molar-refractivity contribution < 1.29 is 27.4 Å². The van der Waals surface area contributed by atoms with E-state index in [1.807, 2.05) is 60.7 Å². The molecule has 0 N–H and O–H groups in total. The van der Waals surface area contributed by atoms with Crippen LogP contribution in [0.15, 0.2) is 108 Å². The Bertz CT molecular complexity index is 1430. The second-order valence-electron chi connectivity index (χ2n) is 8.16. The molecule has 4 aromatic rings. The van der Waals surface area contributed by atoms with Crippen LogP contribution in [-0.2, 0) is 27.9 Å². The maximum absolute atomic E-state index is 14.0. The summed E-state index contributed by atoms with van der Waals surface area (Å²) in [5, 5.41) is 0. The number of carbonyl (C=O) groups excluding carboxylic acids is 1. The van der Waals surface area contributed by atoms with E-state index in [2.05, 4.69) is 0 Å². The third kappa shape index (κ3) is 6.29. The largest absolute Gasteiger partial charge is 0.497 e. The van der Waals surface area contributed by atoms with Crippen LogP contribution >= 0.6 is 0 Å². The Morgan fingerprint density at radius 3 is 1.92 bits per heavy atom. The number of nitrogens with zero attached hydrogens (tertiary/aromatic N) is 1. The molecule has 0 saturated heterocycles. The highest BCUT2D eigenvalue weighted by molar-refractivity contribution is 7.92. The van der Waals surface area contributed by atoms with Gasteiger partial charge in [0.2, 0.25) is 0 Å². The molecule has 0 amide bonds. The first-order valence-electron chi connectivity index (χ1n) is 11.5. The van der Waals surface area contributed by atoms with E-state index in [0.29, 0.717) is 17.2 Å². The van der Waals surface area contributed by atoms with Crippen LogP contribution in [0.5, 0.6) is 11.5 Å². The summed E-state index contributed by atoms with van der Waals surface area (Å²) in [5.74, 6) is 0.278. The SMILES string of the molecule is COc1cc(OC)cc(N(Cc2ccccc2)S(=O)(=O)c2cccc(C(=O)OCc3ccccc3)c2)c1. The number of methoxy groups -OCH3 is 2. The van der Waals surface area contributed by atoms with E-state index in [4.69, 9.17) is 14.2 Å². The molecule has 0 heterocycles. The molecule has 190 valence electrons. The Balaban J connectivity index is 1.69. The van der Waals surface area contributed by atoms with Crippen molar-refractivity contribution in [3.05, 3.63) is 120 Å². The van der Waals surface area contributed by atoms with Gasteiger partial charge in [0, 0.05) is 18.2 Å². The fourth-order valence-electron chi connectivity index (χ4n) is 3.72. The maximum Gasteiger partial charge on any atom is 0.338 e. The predicted octanol–water partition coefficient (Wildman–Crippen LogP) is 5.46. The van der Waals surface area contributed by atoms with E-state index in [1.54, 1.807) is 18.2 Å². The van der Waals surface area contributed by atoms with Crippen molar-refractivity contribution in [3.8, 4) is 11.5 Å². The van der Waals surface area contributed by atoms with E-state index >= 15 is 0 Å². The van der Waals surface area contributed by atoms with Crippen LogP contribution in [0.4, 0.5) is 5.69 Å². The highest BCUT2D eigenvalue weighted by atomic mass is 32.2. The fraction of sp³-hybridized carbons (Fsp3) is 0.138. The maximum atomic E-state index is 14.0. The van der Waals surface area contributed by atoms with Gasteiger partial charge >= 0.3 is 5.97 Å². The summed E-state index contributed by atoms with van der Waals surface area (Å²) >= 11 is 0. The zero-order chi connectivity index (χ0) is 26.3. The summed E-state index contributed by atoms with van der Waals surface area (Å²) in [7, 11) is -1.11. The van der Waals surface area contributed by atoms with E-state index < -0.39 is 16.0 Å². The highest BCUT2D eigenvalue weighted by Gasteiger charge is 2.27. The van der Waals surface area contributed by atoms with Crippen LogP contribution < -0.4 is 13.8 Å². The van der Waals surface area contributed by atoms with Gasteiger partial charge in [-0.2, -0.15) is 0 Å². The number of hydrogen-bond donors (Lipinski definition) is 0. The Morgan fingerprint density at radius 2 is 1.32 bits per heavy atom. The van der Waals surface area contributed by atoms with E-state index in [-0.39, 0.29) is 23.6 Å². The second-order valence-corrected chi connectivity index (χ2v) is 10.0. The van der Waals surface area contributed by atoms with Gasteiger partial charge in [-0.05, 0) is 29.3 Å². The molecule has 0 aliphatic rings. The van der Waals surface area contributed by atoms with Crippen molar-refractivity contribution in [1.29, 1.82) is 0 Å². The molecule has 37 heavy (non-hydrogen) atoms. The minimum atomic E-state index is -4.11. The van der Waals surface area contributed by atoms with Crippen LogP contribution in [0.1, 0.15) is 21.5 Å². The summed E-state index contributed by atoms with van der Waals surface area (Å²) in [6.07, 6.45) is 0. The van der Waals surface area contributed by atoms with Gasteiger partial charge in [-0.1, -0.05) is 66.7 Å². The summed E-state index contributed by atoms with van der Waals surface area (Å²) in [4.78, 5) is 12.7. The number of anilines is 1. The normalized spacial score (nSPS) is 11.0. The standard InChI is InChI=1S/C29H27NO6S/c1-34-26-17-25(18-27(19-26)35-2)30(20-22-10-5-3-6-11-22)37(32,33)28-15-9-14-24(16-28)29(31)36-21-23-12-7-4-8-13-23/h3-19H,20-21H2,1-2H3. The Labute approximate surface area is 216 Å². The second kappa shape index (κ2) is 11.6. The Hall–Kier alpha value is -4.30. The molecule has 0 spiro atoms. The minimum Gasteiger partial charge on any atom is -0.497 e. The summed E-state index contributed by atoms with van der Waals surface area (Å²) in [6, 6.07) is 29.3. The average Bonchev–Trinajstić information content (AvgIpc) is 2.95. The van der Waals surface area contributed by atoms with Gasteiger partial charge in [-0.15, -0.1) is 0 Å². The average molecular weight is 518 g/mol. The molecule has 8 heteroatoms. The van der Waals surface area contributed by atoms with Crippen LogP contribution in [0.2, 0.25) is 0 Å². The van der Waals surface area contributed by atoms with Crippen LogP contribution in [0.25, 0.3) is 0 Å². The van der Waals surface area contributed by atoms with E-state index in [1.165, 1.54) is 42.8 Å². The van der Waals surface area contributed by atoms with Gasteiger partial charge in [0.15, 0.2) is 0 Å². The molecule has 4 rings (SSSR count). The van der Waals surface area contributed by atoms with Crippen molar-refractivity contribution in [2.24, 2.45) is 0 Å². The molecule has 0 radical (unpaired) electrons. The summed E-state index contributed by atoms with van der Waals surface area (Å²) in [6.45, 7) is 0.141. The van der Waals surface area contributed by atoms with Gasteiger partial charge in [0.05, 0.1) is 36.9 Å². The van der Waals surface area contributed by atoms with Crippen molar-refractivity contribution in [2.45, 2.75) is 18.0 Å². The van der Waals surface area contributed by atoms with Gasteiger partial charge in [-0.3, -0.25) is 4.31 Å². The number of carbonyl (C=O) groups is 1. The van der Waals surface area contributed by atoms with Crippen molar-refractivity contribution in [2.75, 3.05) is 18.5 Å². The molecular weight excluding hydrogens is 490 g/mol. The number of sulfonamides is 1. The predicted molar refractivity (Wildman–Crippen MR) is 141 cm³/mol. The van der Waals surface area contributed by atoms with E-state index in [9.17, 15) is 13.2 Å². The summed E-state index contributed by atoms with van der Waals surface area (Å²) in [5.41, 5.74) is 2.11. The molecule has 0 saturated carbocycles. The first-order valence-corrected chi connectivity index (χ1v) is 13.0. The lowest BCUT2D eigenvalue weighted by Crippen LogP contribution is -2.30. The topological polar surface area (TPSA) is 82.1 Å². The number of hydrogen-bond acceptors (Lipinski definition) is 6. The van der Waals surface area contributed by atoms with Gasteiger partial charge in [0.25, 0.3) is 10.0 Å². The van der Waals surface area contributed by atoms with Crippen LogP contribution in [0, 0.1) is 0 Å². The quantitative estimate of drug-likeness (QED) is 0.260. The van der Waals surface area contributed by atoms with Crippen LogP contribution in [0.3, 0.4) is 0 Å². The smallest absolute Gasteiger partial charge is 0.338 e. The molecule has 0 aliphatic heterocycles. The first kappa shape index (κ1) is 25.8. The Morgan fingerprint density at radius 1 is 0.730 bits per heavy atom. The molecule has 0 atom stereocenters. The molecule has 0 unspecified atom stereocenters. The minimum absolute atomic E-state index is 0.0422. The lowest BCUT2D eigenvalue weighted by molar-refractivity contribution is 0.0472. The highest BCUT2D eigenvalue weighted by Crippen LogP contribution is 2.33. The number of benzene rings is 4. The van der Waals surface area contributed by atoms with Crippen molar-refractivity contribution in [3.63, 3.8) is 0 Å². The van der Waals surface area contributed by atoms with Crippen molar-refractivity contribution in [1.82, 2.24) is 0 Å². The third-order valence-corrected chi connectivity index (χ3v) is 7.43. The number of rotatable bonds is 10.